The Kier molecular flexibility index (Phi) is 7.29. The molecule has 0 aromatic heterocycles. The third-order valence-corrected chi connectivity index (χ3v) is 5.25. The summed E-state index contributed by atoms with van der Waals surface area (Å²) < 4.78 is 43.2. The number of halogens is 3. The van der Waals surface area contributed by atoms with Gasteiger partial charge in [0.05, 0.1) is 12.7 Å². The molecule has 1 aromatic rings. The monoisotopic (exact) mass is 421 g/mol. The number of alkyl halides is 3. The van der Waals surface area contributed by atoms with Gasteiger partial charge in [0.2, 0.25) is 0 Å². The third kappa shape index (κ3) is 5.01. The minimum Gasteiger partial charge on any atom is -0.465 e. The second kappa shape index (κ2) is 9.32. The molecule has 162 valence electrons. The predicted octanol–water partition coefficient (Wildman–Crippen LogP) is 5.13. The van der Waals surface area contributed by atoms with Crippen molar-refractivity contribution in [3.63, 3.8) is 0 Å². The van der Waals surface area contributed by atoms with Gasteiger partial charge in [-0.1, -0.05) is 51.3 Å². The zero-order valence-electron chi connectivity index (χ0n) is 17.4. The van der Waals surface area contributed by atoms with Crippen molar-refractivity contribution in [2.75, 3.05) is 20.2 Å². The smallest absolute Gasteiger partial charge is 0.465 e. The summed E-state index contributed by atoms with van der Waals surface area (Å²) in [6.45, 7) is 11.7. The Morgan fingerprint density at radius 1 is 1.30 bits per heavy atom. The van der Waals surface area contributed by atoms with Gasteiger partial charge >= 0.3 is 18.1 Å². The van der Waals surface area contributed by atoms with E-state index in [4.69, 9.17) is 4.74 Å². The maximum Gasteiger partial charge on any atom is 0.471 e. The summed E-state index contributed by atoms with van der Waals surface area (Å²) >= 11 is 0. The Morgan fingerprint density at radius 2 is 1.97 bits per heavy atom. The highest BCUT2D eigenvalue weighted by Crippen LogP contribution is 2.35. The Balaban J connectivity index is 2.44. The average Bonchev–Trinajstić information content (AvgIpc) is 3.18. The van der Waals surface area contributed by atoms with Crippen molar-refractivity contribution in [1.82, 2.24) is 4.90 Å². The summed E-state index contributed by atoms with van der Waals surface area (Å²) in [5.41, 5.74) is 3.25. The Labute approximate surface area is 174 Å². The molecular weight excluding hydrogens is 395 g/mol. The molecule has 1 fully saturated rings. The molecular formula is C23H26F3NO3. The first-order valence-electron chi connectivity index (χ1n) is 9.61. The number of rotatable bonds is 6. The van der Waals surface area contributed by atoms with Crippen LogP contribution in [0, 0.1) is 5.92 Å². The van der Waals surface area contributed by atoms with Crippen LogP contribution in [0.1, 0.15) is 47.7 Å². The summed E-state index contributed by atoms with van der Waals surface area (Å²) in [6, 6.07) is 5.19. The molecule has 1 aliphatic rings. The van der Waals surface area contributed by atoms with Gasteiger partial charge < -0.3 is 9.64 Å². The van der Waals surface area contributed by atoms with Gasteiger partial charge in [0.15, 0.2) is 0 Å². The van der Waals surface area contributed by atoms with Crippen molar-refractivity contribution in [3.8, 4) is 0 Å². The van der Waals surface area contributed by atoms with E-state index in [9.17, 15) is 22.8 Å². The molecule has 1 unspecified atom stereocenters. The first kappa shape index (κ1) is 23.4. The van der Waals surface area contributed by atoms with E-state index in [1.807, 2.05) is 13.8 Å². The lowest BCUT2D eigenvalue weighted by molar-refractivity contribution is -0.184. The summed E-state index contributed by atoms with van der Waals surface area (Å²) in [7, 11) is 1.25. The lowest BCUT2D eigenvalue weighted by atomic mass is 9.86. The second-order valence-electron chi connectivity index (χ2n) is 7.52. The van der Waals surface area contributed by atoms with Crippen molar-refractivity contribution in [3.05, 3.63) is 65.8 Å². The highest BCUT2D eigenvalue weighted by molar-refractivity contribution is 5.93. The summed E-state index contributed by atoms with van der Waals surface area (Å²) in [5, 5.41) is 0. The lowest BCUT2D eigenvalue weighted by Crippen LogP contribution is -2.39. The molecule has 0 aliphatic carbocycles. The highest BCUT2D eigenvalue weighted by Gasteiger charge is 2.45. The first-order chi connectivity index (χ1) is 14.0. The highest BCUT2D eigenvalue weighted by atomic mass is 19.4. The van der Waals surface area contributed by atoms with Crippen LogP contribution in [0.3, 0.4) is 0 Å². The van der Waals surface area contributed by atoms with Crippen molar-refractivity contribution in [2.45, 2.75) is 32.4 Å². The minimum atomic E-state index is -4.91. The fourth-order valence-corrected chi connectivity index (χ4v) is 3.56. The Hall–Kier alpha value is -2.83. The van der Waals surface area contributed by atoms with Crippen LogP contribution in [0.25, 0.3) is 5.57 Å². The van der Waals surface area contributed by atoms with Crippen LogP contribution < -0.4 is 0 Å². The van der Waals surface area contributed by atoms with E-state index in [1.165, 1.54) is 7.11 Å². The van der Waals surface area contributed by atoms with E-state index in [0.29, 0.717) is 12.0 Å². The van der Waals surface area contributed by atoms with E-state index < -0.39 is 18.1 Å². The van der Waals surface area contributed by atoms with Crippen LogP contribution in [0.5, 0.6) is 0 Å². The molecule has 30 heavy (non-hydrogen) atoms. The van der Waals surface area contributed by atoms with Gasteiger partial charge in [-0.25, -0.2) is 4.79 Å². The normalized spacial score (nSPS) is 17.2. The standard InChI is InChI=1S/C23H26F3NO3/c1-6-7-18(15(4)14(2)3)16-8-9-19(20(12-16)21(28)30-5)17-10-11-27(13-17)22(29)23(24,25)26/h6-9,12,14,17H,1,4,10-11,13H2,2-3,5H3/b18-7+. The number of hydrogen-bond donors (Lipinski definition) is 0. The largest absolute Gasteiger partial charge is 0.471 e. The van der Waals surface area contributed by atoms with E-state index in [2.05, 4.69) is 13.2 Å². The quantitative estimate of drug-likeness (QED) is 0.472. The fourth-order valence-electron chi connectivity index (χ4n) is 3.56. The van der Waals surface area contributed by atoms with Crippen molar-refractivity contribution >= 4 is 17.4 Å². The van der Waals surface area contributed by atoms with E-state index in [1.54, 1.807) is 30.4 Å². The molecule has 7 heteroatoms. The number of esters is 1. The van der Waals surface area contributed by atoms with E-state index >= 15 is 0 Å². The molecule has 0 bridgehead atoms. The second-order valence-corrected chi connectivity index (χ2v) is 7.52. The van der Waals surface area contributed by atoms with Gasteiger partial charge in [-0.2, -0.15) is 13.2 Å². The van der Waals surface area contributed by atoms with Crippen molar-refractivity contribution < 1.29 is 27.5 Å². The maximum atomic E-state index is 12.8. The number of carbonyl (C=O) groups excluding carboxylic acids is 2. The molecule has 1 amide bonds. The lowest BCUT2D eigenvalue weighted by Gasteiger charge is -2.20. The Bertz CT molecular complexity index is 884. The number of allylic oxidation sites excluding steroid dienone is 4. The molecule has 1 heterocycles. The van der Waals surface area contributed by atoms with Crippen LogP contribution in [-0.2, 0) is 9.53 Å². The molecule has 1 saturated heterocycles. The molecule has 1 aliphatic heterocycles. The van der Waals surface area contributed by atoms with Crippen LogP contribution in [0.15, 0.2) is 49.1 Å². The maximum absolute atomic E-state index is 12.8. The molecule has 1 atom stereocenters. The number of hydrogen-bond acceptors (Lipinski definition) is 3. The number of carbonyl (C=O) groups is 2. The zero-order chi connectivity index (χ0) is 22.6. The van der Waals surface area contributed by atoms with Gasteiger partial charge in [-0.3, -0.25) is 4.79 Å². The summed E-state index contributed by atoms with van der Waals surface area (Å²) in [5.74, 6) is -2.67. The van der Waals surface area contributed by atoms with Gasteiger partial charge in [0, 0.05) is 19.0 Å². The average molecular weight is 421 g/mol. The first-order valence-corrected chi connectivity index (χ1v) is 9.61. The molecule has 2 rings (SSSR count). The number of nitrogens with zero attached hydrogens (tertiary/aromatic N) is 1. The molecule has 1 aromatic carbocycles. The summed E-state index contributed by atoms with van der Waals surface area (Å²) in [4.78, 5) is 24.8. The summed E-state index contributed by atoms with van der Waals surface area (Å²) in [6.07, 6.45) is -1.14. The fraction of sp³-hybridized carbons (Fsp3) is 0.391. The molecule has 4 nitrogen and oxygen atoms in total. The van der Waals surface area contributed by atoms with Crippen LogP contribution >= 0.6 is 0 Å². The molecule has 0 N–H and O–H groups in total. The Morgan fingerprint density at radius 3 is 2.50 bits per heavy atom. The van der Waals surface area contributed by atoms with Gasteiger partial charge in [0.1, 0.15) is 0 Å². The molecule has 0 saturated carbocycles. The van der Waals surface area contributed by atoms with Crippen LogP contribution in [0.2, 0.25) is 0 Å². The van der Waals surface area contributed by atoms with E-state index in [0.717, 1.165) is 21.6 Å². The van der Waals surface area contributed by atoms with Gasteiger partial charge in [-0.05, 0) is 40.7 Å². The van der Waals surface area contributed by atoms with Crippen LogP contribution in [0.4, 0.5) is 13.2 Å². The van der Waals surface area contributed by atoms with Crippen molar-refractivity contribution in [1.29, 1.82) is 0 Å². The van der Waals surface area contributed by atoms with Crippen LogP contribution in [-0.4, -0.2) is 43.2 Å². The number of amides is 1. The van der Waals surface area contributed by atoms with Gasteiger partial charge in [0.25, 0.3) is 0 Å². The number of ether oxygens (including phenoxy) is 1. The zero-order valence-corrected chi connectivity index (χ0v) is 17.4. The topological polar surface area (TPSA) is 46.6 Å². The minimum absolute atomic E-state index is 0.0167. The predicted molar refractivity (Wildman–Crippen MR) is 110 cm³/mol. The number of methoxy groups -OCH3 is 1. The van der Waals surface area contributed by atoms with Crippen molar-refractivity contribution in [2.24, 2.45) is 5.92 Å². The molecule has 0 radical (unpaired) electrons. The molecule has 0 spiro atoms. The van der Waals surface area contributed by atoms with E-state index in [-0.39, 0.29) is 30.5 Å². The third-order valence-electron chi connectivity index (χ3n) is 5.25. The number of benzene rings is 1. The number of likely N-dealkylation sites (tertiary alicyclic amines) is 1. The van der Waals surface area contributed by atoms with Gasteiger partial charge in [-0.15, -0.1) is 0 Å². The SMILES string of the molecule is C=C/C=C(\C(=C)C(C)C)c1ccc(C2CCN(C(=O)C(F)(F)F)C2)c(C(=O)OC)c1.